The molecule has 0 bridgehead atoms. The number of benzene rings is 1. The third-order valence-electron chi connectivity index (χ3n) is 3.30. The second kappa shape index (κ2) is 3.52. The number of fused-ring (bicyclic) bond motifs is 1. The van der Waals surface area contributed by atoms with Crippen molar-refractivity contribution in [1.82, 2.24) is 9.78 Å². The predicted octanol–water partition coefficient (Wildman–Crippen LogP) is 2.66. The molecule has 5 heteroatoms. The molecule has 0 N–H and O–H groups in total. The molecular weight excluding hydrogens is 282 g/mol. The average Bonchev–Trinajstić information content (AvgIpc) is 3.03. The fourth-order valence-electron chi connectivity index (χ4n) is 2.32. The van der Waals surface area contributed by atoms with E-state index in [0.29, 0.717) is 0 Å². The summed E-state index contributed by atoms with van der Waals surface area (Å²) < 4.78 is 2.65. The third kappa shape index (κ3) is 1.47. The number of rotatable bonds is 2. The van der Waals surface area contributed by atoms with Crippen molar-refractivity contribution in [3.8, 4) is 0 Å². The van der Waals surface area contributed by atoms with Crippen LogP contribution < -0.4 is 0 Å². The lowest BCUT2D eigenvalue weighted by atomic mass is 10.0. The van der Waals surface area contributed by atoms with Crippen LogP contribution >= 0.6 is 15.9 Å². The quantitative estimate of drug-likeness (QED) is 0.631. The number of para-hydroxylation sites is 1. The average molecular weight is 292 g/mol. The molecule has 1 saturated carbocycles. The summed E-state index contributed by atoms with van der Waals surface area (Å²) in [6, 6.07) is 6.01. The van der Waals surface area contributed by atoms with Crippen molar-refractivity contribution in [2.45, 2.75) is 18.4 Å². The number of hydrogen-bond acceptors (Lipinski definition) is 3. The van der Waals surface area contributed by atoms with Gasteiger partial charge in [0.2, 0.25) is 6.08 Å². The molecule has 1 aromatic heterocycles. The van der Waals surface area contributed by atoms with Crippen LogP contribution in [-0.2, 0) is 17.4 Å². The molecular formula is C12H10BrN3O. The Balaban J connectivity index is 2.34. The molecule has 0 aliphatic heterocycles. The maximum Gasteiger partial charge on any atom is 0.235 e. The Hall–Kier alpha value is -1.45. The zero-order valence-electron chi connectivity index (χ0n) is 9.27. The molecule has 1 aromatic carbocycles. The molecule has 4 nitrogen and oxygen atoms in total. The van der Waals surface area contributed by atoms with Gasteiger partial charge in [-0.15, -0.1) is 0 Å². The molecule has 17 heavy (non-hydrogen) atoms. The highest BCUT2D eigenvalue weighted by Gasteiger charge is 2.46. The van der Waals surface area contributed by atoms with E-state index in [0.717, 1.165) is 33.9 Å². The molecule has 1 aliphatic rings. The van der Waals surface area contributed by atoms with Gasteiger partial charge >= 0.3 is 0 Å². The molecule has 0 atom stereocenters. The second-order valence-corrected chi connectivity index (χ2v) is 5.10. The van der Waals surface area contributed by atoms with Gasteiger partial charge in [-0.05, 0) is 28.8 Å². The van der Waals surface area contributed by atoms with E-state index in [2.05, 4.69) is 26.0 Å². The van der Waals surface area contributed by atoms with Crippen molar-refractivity contribution in [3.63, 3.8) is 0 Å². The van der Waals surface area contributed by atoms with E-state index in [1.807, 2.05) is 29.9 Å². The number of carbonyl (C=O) groups excluding carboxylic acids is 1. The van der Waals surface area contributed by atoms with Crippen LogP contribution in [0.5, 0.6) is 0 Å². The van der Waals surface area contributed by atoms with Crippen molar-refractivity contribution in [3.05, 3.63) is 28.4 Å². The van der Waals surface area contributed by atoms with E-state index >= 15 is 0 Å². The molecule has 0 radical (unpaired) electrons. The summed E-state index contributed by atoms with van der Waals surface area (Å²) in [5.41, 5.74) is 1.75. The molecule has 1 fully saturated rings. The Kier molecular flexibility index (Phi) is 2.21. The standard InChI is InChI=1S/C12H10BrN3O/c1-16-10-8(11(13)15-16)3-2-4-9(10)12(5-6-12)14-7-17/h2-4H,5-6H2,1H3. The molecule has 0 spiro atoms. The summed E-state index contributed by atoms with van der Waals surface area (Å²) in [7, 11) is 1.90. The molecule has 86 valence electrons. The van der Waals surface area contributed by atoms with Crippen LogP contribution in [0, 0.1) is 0 Å². The van der Waals surface area contributed by atoms with Gasteiger partial charge in [-0.2, -0.15) is 10.1 Å². The third-order valence-corrected chi connectivity index (χ3v) is 3.89. The first-order valence-electron chi connectivity index (χ1n) is 5.39. The molecule has 1 aliphatic carbocycles. The summed E-state index contributed by atoms with van der Waals surface area (Å²) in [5.74, 6) is 0. The zero-order valence-corrected chi connectivity index (χ0v) is 10.9. The molecule has 1 heterocycles. The zero-order chi connectivity index (χ0) is 12.0. The minimum absolute atomic E-state index is 0.353. The van der Waals surface area contributed by atoms with E-state index in [9.17, 15) is 4.79 Å². The smallest absolute Gasteiger partial charge is 0.235 e. The summed E-state index contributed by atoms with van der Waals surface area (Å²) in [5, 5.41) is 5.40. The predicted molar refractivity (Wildman–Crippen MR) is 67.4 cm³/mol. The first-order chi connectivity index (χ1) is 8.18. The van der Waals surface area contributed by atoms with Crippen molar-refractivity contribution < 1.29 is 4.79 Å². The van der Waals surface area contributed by atoms with Crippen LogP contribution in [0.2, 0.25) is 0 Å². The van der Waals surface area contributed by atoms with Gasteiger partial charge in [-0.25, -0.2) is 4.79 Å². The molecule has 2 aromatic rings. The van der Waals surface area contributed by atoms with Gasteiger partial charge in [0.15, 0.2) is 0 Å². The van der Waals surface area contributed by atoms with Crippen LogP contribution in [0.25, 0.3) is 10.9 Å². The second-order valence-electron chi connectivity index (χ2n) is 4.35. The lowest BCUT2D eigenvalue weighted by Gasteiger charge is -2.10. The number of isocyanates is 1. The normalized spacial score (nSPS) is 16.8. The van der Waals surface area contributed by atoms with Gasteiger partial charge in [-0.1, -0.05) is 18.2 Å². The topological polar surface area (TPSA) is 47.2 Å². The van der Waals surface area contributed by atoms with Crippen molar-refractivity contribution in [2.24, 2.45) is 12.0 Å². The van der Waals surface area contributed by atoms with E-state index in [4.69, 9.17) is 0 Å². The Morgan fingerprint density at radius 2 is 2.29 bits per heavy atom. The SMILES string of the molecule is Cn1nc(Br)c2cccc(C3(N=C=O)CC3)c21. The minimum atomic E-state index is -0.353. The lowest BCUT2D eigenvalue weighted by Crippen LogP contribution is -2.05. The fraction of sp³-hybridized carbons (Fsp3) is 0.333. The van der Waals surface area contributed by atoms with E-state index in [1.165, 1.54) is 0 Å². The Morgan fingerprint density at radius 3 is 2.94 bits per heavy atom. The van der Waals surface area contributed by atoms with Gasteiger partial charge in [0.05, 0.1) is 5.52 Å². The number of aryl methyl sites for hydroxylation is 1. The van der Waals surface area contributed by atoms with Crippen molar-refractivity contribution >= 4 is 32.9 Å². The Morgan fingerprint density at radius 1 is 1.53 bits per heavy atom. The van der Waals surface area contributed by atoms with Crippen LogP contribution in [0.1, 0.15) is 18.4 Å². The largest absolute Gasteiger partial charge is 0.266 e. The van der Waals surface area contributed by atoms with E-state index in [1.54, 1.807) is 6.08 Å². The molecule has 0 saturated heterocycles. The summed E-state index contributed by atoms with van der Waals surface area (Å²) in [6.45, 7) is 0. The number of aliphatic imine (C=N–C) groups is 1. The monoisotopic (exact) mass is 291 g/mol. The first kappa shape index (κ1) is 10.7. The van der Waals surface area contributed by atoms with Crippen LogP contribution in [0.15, 0.2) is 27.8 Å². The highest BCUT2D eigenvalue weighted by molar-refractivity contribution is 9.10. The van der Waals surface area contributed by atoms with Gasteiger partial charge in [0, 0.05) is 18.0 Å². The van der Waals surface area contributed by atoms with Gasteiger partial charge < -0.3 is 0 Å². The maximum absolute atomic E-state index is 10.5. The van der Waals surface area contributed by atoms with E-state index < -0.39 is 0 Å². The fourth-order valence-corrected chi connectivity index (χ4v) is 2.87. The number of nitrogens with zero attached hydrogens (tertiary/aromatic N) is 3. The van der Waals surface area contributed by atoms with Gasteiger partial charge in [0.25, 0.3) is 0 Å². The summed E-state index contributed by atoms with van der Waals surface area (Å²) in [6.07, 6.45) is 3.51. The number of halogens is 1. The highest BCUT2D eigenvalue weighted by atomic mass is 79.9. The number of hydrogen-bond donors (Lipinski definition) is 0. The summed E-state index contributed by atoms with van der Waals surface area (Å²) in [4.78, 5) is 14.5. The van der Waals surface area contributed by atoms with Gasteiger partial charge in [0.1, 0.15) is 10.1 Å². The maximum atomic E-state index is 10.5. The Bertz CT molecular complexity index is 651. The minimum Gasteiger partial charge on any atom is -0.266 e. The van der Waals surface area contributed by atoms with Crippen molar-refractivity contribution in [2.75, 3.05) is 0 Å². The van der Waals surface area contributed by atoms with Crippen molar-refractivity contribution in [1.29, 1.82) is 0 Å². The van der Waals surface area contributed by atoms with Crippen LogP contribution in [-0.4, -0.2) is 15.9 Å². The van der Waals surface area contributed by atoms with E-state index in [-0.39, 0.29) is 5.54 Å². The molecule has 0 unspecified atom stereocenters. The van der Waals surface area contributed by atoms with Gasteiger partial charge in [-0.3, -0.25) is 4.68 Å². The highest BCUT2D eigenvalue weighted by Crippen LogP contribution is 2.51. The molecule has 3 rings (SSSR count). The van der Waals surface area contributed by atoms with Crippen LogP contribution in [0.3, 0.4) is 0 Å². The lowest BCUT2D eigenvalue weighted by molar-refractivity contribution is 0.556. The Labute approximate surface area is 106 Å². The first-order valence-corrected chi connectivity index (χ1v) is 6.18. The molecule has 0 amide bonds. The number of aromatic nitrogens is 2. The van der Waals surface area contributed by atoms with Crippen LogP contribution in [0.4, 0.5) is 0 Å². The summed E-state index contributed by atoms with van der Waals surface area (Å²) >= 11 is 3.44.